The second-order valence-electron chi connectivity index (χ2n) is 8.13. The molecule has 0 fully saturated rings. The van der Waals surface area contributed by atoms with Crippen molar-refractivity contribution < 1.29 is 0 Å². The van der Waals surface area contributed by atoms with Crippen LogP contribution in [0.15, 0.2) is 115 Å². The molecule has 0 aliphatic rings. The van der Waals surface area contributed by atoms with E-state index in [1.165, 1.54) is 59.8 Å². The van der Waals surface area contributed by atoms with Crippen molar-refractivity contribution in [1.29, 1.82) is 5.41 Å². The zero-order valence-corrected chi connectivity index (χ0v) is 18.8. The number of hydrogen-bond donors (Lipinski definition) is 1. The van der Waals surface area contributed by atoms with Crippen LogP contribution < -0.4 is 0 Å². The van der Waals surface area contributed by atoms with Crippen LogP contribution in [0.1, 0.15) is 5.56 Å². The van der Waals surface area contributed by atoms with E-state index in [-0.39, 0.29) is 0 Å². The van der Waals surface area contributed by atoms with Gasteiger partial charge in [-0.15, -0.1) is 11.3 Å². The minimum atomic E-state index is 0.971. The largest absolute Gasteiger partial charge is 0.308 e. The Bertz CT molecular complexity index is 1630. The van der Waals surface area contributed by atoms with Crippen molar-refractivity contribution in [2.75, 3.05) is 0 Å². The molecule has 0 aliphatic carbocycles. The molecule has 1 nitrogen and oxygen atoms in total. The first-order valence-electron chi connectivity index (χ1n) is 11.0. The van der Waals surface area contributed by atoms with Crippen molar-refractivity contribution in [2.24, 2.45) is 0 Å². The number of fused-ring (bicyclic) bond motifs is 3. The van der Waals surface area contributed by atoms with Gasteiger partial charge in [0.15, 0.2) is 0 Å². The van der Waals surface area contributed by atoms with Crippen molar-refractivity contribution in [1.82, 2.24) is 0 Å². The lowest BCUT2D eigenvalue weighted by molar-refractivity contribution is 1.56. The molecule has 1 aromatic heterocycles. The summed E-state index contributed by atoms with van der Waals surface area (Å²) in [6.45, 7) is 0. The van der Waals surface area contributed by atoms with E-state index < -0.39 is 0 Å². The van der Waals surface area contributed by atoms with Crippen LogP contribution in [0.25, 0.3) is 53.6 Å². The molecule has 33 heavy (non-hydrogen) atoms. The number of thiophene rings is 1. The predicted octanol–water partition coefficient (Wildman–Crippen LogP) is 9.05. The first-order chi connectivity index (χ1) is 16.3. The number of hydrogen-bond acceptors (Lipinski definition) is 2. The highest BCUT2D eigenvalue weighted by Gasteiger charge is 2.14. The maximum atomic E-state index is 7.89. The van der Waals surface area contributed by atoms with Crippen molar-refractivity contribution >= 4 is 37.7 Å². The van der Waals surface area contributed by atoms with E-state index in [2.05, 4.69) is 103 Å². The smallest absolute Gasteiger partial charge is 0.0361 e. The summed E-state index contributed by atoms with van der Waals surface area (Å²) >= 11 is 1.79. The SMILES string of the molecule is N=Cc1cccc2sc3ccc(-c4ccccc4-c4ccccc4-c4ccccc4)cc3c12. The molecule has 2 heteroatoms. The lowest BCUT2D eigenvalue weighted by Crippen LogP contribution is -1.89. The van der Waals surface area contributed by atoms with Gasteiger partial charge in [0.2, 0.25) is 0 Å². The van der Waals surface area contributed by atoms with Gasteiger partial charge in [-0.1, -0.05) is 97.1 Å². The van der Waals surface area contributed by atoms with Crippen LogP contribution in [0.4, 0.5) is 0 Å². The molecule has 156 valence electrons. The van der Waals surface area contributed by atoms with Crippen molar-refractivity contribution in [3.63, 3.8) is 0 Å². The lowest BCUT2D eigenvalue weighted by atomic mass is 9.89. The Labute approximate surface area is 197 Å². The topological polar surface area (TPSA) is 23.9 Å². The van der Waals surface area contributed by atoms with E-state index in [9.17, 15) is 0 Å². The Morgan fingerprint density at radius 1 is 0.515 bits per heavy atom. The zero-order chi connectivity index (χ0) is 22.2. The third kappa shape index (κ3) is 3.36. The Balaban J connectivity index is 1.58. The lowest BCUT2D eigenvalue weighted by Gasteiger charge is -2.15. The maximum Gasteiger partial charge on any atom is 0.0361 e. The van der Waals surface area contributed by atoms with Gasteiger partial charge in [0, 0.05) is 32.0 Å². The van der Waals surface area contributed by atoms with Gasteiger partial charge in [-0.3, -0.25) is 0 Å². The third-order valence-corrected chi connectivity index (χ3v) is 7.36. The van der Waals surface area contributed by atoms with Gasteiger partial charge in [-0.2, -0.15) is 0 Å². The Morgan fingerprint density at radius 3 is 1.85 bits per heavy atom. The van der Waals surface area contributed by atoms with Crippen LogP contribution in [-0.4, -0.2) is 6.21 Å². The van der Waals surface area contributed by atoms with E-state index in [1.807, 2.05) is 12.1 Å². The molecule has 0 saturated carbocycles. The highest BCUT2D eigenvalue weighted by molar-refractivity contribution is 7.25. The van der Waals surface area contributed by atoms with Crippen molar-refractivity contribution in [3.8, 4) is 33.4 Å². The van der Waals surface area contributed by atoms with Crippen molar-refractivity contribution in [3.05, 3.63) is 121 Å². The van der Waals surface area contributed by atoms with Crippen molar-refractivity contribution in [2.45, 2.75) is 0 Å². The number of benzene rings is 5. The molecule has 1 N–H and O–H groups in total. The molecule has 6 rings (SSSR count). The summed E-state index contributed by atoms with van der Waals surface area (Å²) in [6, 6.07) is 40.8. The van der Waals surface area contributed by atoms with Gasteiger partial charge in [-0.05, 0) is 51.6 Å². The monoisotopic (exact) mass is 439 g/mol. The fraction of sp³-hybridized carbons (Fsp3) is 0. The molecule has 0 amide bonds. The second-order valence-corrected chi connectivity index (χ2v) is 9.22. The number of rotatable bonds is 4. The van der Waals surface area contributed by atoms with E-state index >= 15 is 0 Å². The summed E-state index contributed by atoms with van der Waals surface area (Å²) in [5.41, 5.74) is 8.29. The summed E-state index contributed by atoms with van der Waals surface area (Å²) in [5.74, 6) is 0. The van der Waals surface area contributed by atoms with E-state index in [4.69, 9.17) is 5.41 Å². The van der Waals surface area contributed by atoms with E-state index in [1.54, 1.807) is 11.3 Å². The Morgan fingerprint density at radius 2 is 1.15 bits per heavy atom. The van der Waals surface area contributed by atoms with Crippen LogP contribution in [-0.2, 0) is 0 Å². The summed E-state index contributed by atoms with van der Waals surface area (Å²) in [6.07, 6.45) is 1.46. The van der Waals surface area contributed by atoms with Gasteiger partial charge in [-0.25, -0.2) is 0 Å². The molecule has 0 aliphatic heterocycles. The highest BCUT2D eigenvalue weighted by atomic mass is 32.1. The van der Waals surface area contributed by atoms with Gasteiger partial charge in [0.25, 0.3) is 0 Å². The molecule has 0 atom stereocenters. The second kappa shape index (κ2) is 8.16. The average molecular weight is 440 g/mol. The normalized spacial score (nSPS) is 11.2. The van der Waals surface area contributed by atoms with Gasteiger partial charge >= 0.3 is 0 Å². The molecule has 0 saturated heterocycles. The van der Waals surface area contributed by atoms with Crippen LogP contribution in [0.3, 0.4) is 0 Å². The quantitative estimate of drug-likeness (QED) is 0.265. The fourth-order valence-electron chi connectivity index (χ4n) is 4.70. The summed E-state index contributed by atoms with van der Waals surface area (Å²) in [5, 5.41) is 10.3. The summed E-state index contributed by atoms with van der Waals surface area (Å²) in [4.78, 5) is 0. The zero-order valence-electron chi connectivity index (χ0n) is 18.0. The summed E-state index contributed by atoms with van der Waals surface area (Å²) in [7, 11) is 0. The Kier molecular flexibility index (Phi) is 4.86. The predicted molar refractivity (Wildman–Crippen MR) is 144 cm³/mol. The van der Waals surface area contributed by atoms with Crippen LogP contribution in [0, 0.1) is 5.41 Å². The van der Waals surface area contributed by atoms with Gasteiger partial charge in [0.1, 0.15) is 0 Å². The third-order valence-electron chi connectivity index (χ3n) is 6.22. The van der Waals surface area contributed by atoms with E-state index in [0.29, 0.717) is 0 Å². The first-order valence-corrected chi connectivity index (χ1v) is 11.8. The Hall–Kier alpha value is -4.01. The van der Waals surface area contributed by atoms with Crippen LogP contribution in [0.5, 0.6) is 0 Å². The number of nitrogens with one attached hydrogen (secondary N) is 1. The molecule has 0 unspecified atom stereocenters. The molecule has 6 aromatic rings. The molecule has 0 spiro atoms. The minimum Gasteiger partial charge on any atom is -0.308 e. The van der Waals surface area contributed by atoms with Gasteiger partial charge < -0.3 is 5.41 Å². The highest BCUT2D eigenvalue weighted by Crippen LogP contribution is 2.41. The van der Waals surface area contributed by atoms with Gasteiger partial charge in [0.05, 0.1) is 0 Å². The molecule has 0 bridgehead atoms. The van der Waals surface area contributed by atoms with Crippen LogP contribution in [0.2, 0.25) is 0 Å². The average Bonchev–Trinajstić information content (AvgIpc) is 3.27. The standard InChI is InChI=1S/C31H21NS/c32-20-23-11-8-16-30-31(23)28-19-22(17-18-29(28)33-30)25-13-5-7-15-27(25)26-14-6-4-12-24(26)21-9-2-1-3-10-21/h1-20,32H. The molecule has 0 radical (unpaired) electrons. The summed E-state index contributed by atoms with van der Waals surface area (Å²) < 4.78 is 2.48. The molecule has 1 heterocycles. The molecular formula is C31H21NS. The first kappa shape index (κ1) is 19.7. The minimum absolute atomic E-state index is 0.971. The molecular weight excluding hydrogens is 418 g/mol. The maximum absolute atomic E-state index is 7.89. The molecule has 5 aromatic carbocycles. The van der Waals surface area contributed by atoms with Crippen LogP contribution >= 0.6 is 11.3 Å². The fourth-order valence-corrected chi connectivity index (χ4v) is 5.82. The van der Waals surface area contributed by atoms with E-state index in [0.717, 1.165) is 5.56 Å².